The predicted octanol–water partition coefficient (Wildman–Crippen LogP) is 4.59. The van der Waals surface area contributed by atoms with Crippen molar-refractivity contribution in [3.05, 3.63) is 66.2 Å². The van der Waals surface area contributed by atoms with Gasteiger partial charge in [0.15, 0.2) is 0 Å². The molecule has 1 fully saturated rings. The molecule has 1 N–H and O–H groups in total. The molecule has 0 spiro atoms. The van der Waals surface area contributed by atoms with E-state index in [1.807, 2.05) is 42.6 Å². The molecule has 26 heavy (non-hydrogen) atoms. The summed E-state index contributed by atoms with van der Waals surface area (Å²) in [5.74, 6) is 0.983. The van der Waals surface area contributed by atoms with E-state index in [1.54, 1.807) is 6.07 Å². The number of phenols is 1. The van der Waals surface area contributed by atoms with Crippen LogP contribution in [0.3, 0.4) is 0 Å². The van der Waals surface area contributed by atoms with Crippen LogP contribution < -0.4 is 4.74 Å². The van der Waals surface area contributed by atoms with E-state index in [0.717, 1.165) is 53.7 Å². The molecule has 0 bridgehead atoms. The van der Waals surface area contributed by atoms with Gasteiger partial charge in [0.25, 0.3) is 0 Å². The third kappa shape index (κ3) is 2.22. The molecule has 3 aromatic rings. The van der Waals surface area contributed by atoms with Crippen molar-refractivity contribution < 1.29 is 9.84 Å². The number of nitrogens with zero attached hydrogens (tertiary/aromatic N) is 2. The highest BCUT2D eigenvalue weighted by Crippen LogP contribution is 2.46. The van der Waals surface area contributed by atoms with Gasteiger partial charge in [-0.05, 0) is 36.4 Å². The Kier molecular flexibility index (Phi) is 3.47. The topological polar surface area (TPSA) is 45.1 Å². The third-order valence-electron chi connectivity index (χ3n) is 5.36. The highest BCUT2D eigenvalue weighted by molar-refractivity contribution is 5.98. The standard InChI is InChI=1S/C22H20N2O2/c25-19-10-4-3-9-18(19)22(24-13-5-6-14-24)15-23-21-17-8-2-1-7-16(17)11-12-20(21)26-22/h1-4,7-12,15,25H,5-6,13-14H2. The molecule has 4 heteroatoms. The summed E-state index contributed by atoms with van der Waals surface area (Å²) in [5.41, 5.74) is 0.731. The van der Waals surface area contributed by atoms with Crippen molar-refractivity contribution in [1.29, 1.82) is 0 Å². The summed E-state index contributed by atoms with van der Waals surface area (Å²) >= 11 is 0. The molecular weight excluding hydrogens is 324 g/mol. The zero-order valence-electron chi connectivity index (χ0n) is 14.4. The Morgan fingerprint density at radius 2 is 1.69 bits per heavy atom. The predicted molar refractivity (Wildman–Crippen MR) is 103 cm³/mol. The molecule has 1 unspecified atom stereocenters. The van der Waals surface area contributed by atoms with Crippen LogP contribution in [0.1, 0.15) is 18.4 Å². The molecule has 0 aliphatic carbocycles. The summed E-state index contributed by atoms with van der Waals surface area (Å²) in [5, 5.41) is 12.8. The van der Waals surface area contributed by atoms with Gasteiger partial charge in [-0.25, -0.2) is 0 Å². The first kappa shape index (κ1) is 15.4. The lowest BCUT2D eigenvalue weighted by Gasteiger charge is -2.41. The van der Waals surface area contributed by atoms with Gasteiger partial charge >= 0.3 is 0 Å². The van der Waals surface area contributed by atoms with Gasteiger partial charge in [0.1, 0.15) is 17.2 Å². The second-order valence-corrected chi connectivity index (χ2v) is 6.90. The average Bonchev–Trinajstić information content (AvgIpc) is 3.23. The number of phenolic OH excluding ortho intramolecular Hbond substituents is 1. The fraction of sp³-hybridized carbons (Fsp3) is 0.227. The maximum atomic E-state index is 10.5. The van der Waals surface area contributed by atoms with Gasteiger partial charge < -0.3 is 9.84 Å². The van der Waals surface area contributed by atoms with E-state index >= 15 is 0 Å². The first-order valence-corrected chi connectivity index (χ1v) is 9.07. The van der Waals surface area contributed by atoms with E-state index in [4.69, 9.17) is 9.73 Å². The zero-order valence-corrected chi connectivity index (χ0v) is 14.4. The lowest BCUT2D eigenvalue weighted by molar-refractivity contribution is -0.0164. The van der Waals surface area contributed by atoms with E-state index in [1.165, 1.54) is 0 Å². The van der Waals surface area contributed by atoms with Crippen molar-refractivity contribution in [2.24, 2.45) is 4.99 Å². The maximum Gasteiger partial charge on any atom is 0.229 e. The minimum absolute atomic E-state index is 0.232. The Balaban J connectivity index is 1.70. The van der Waals surface area contributed by atoms with Crippen LogP contribution in [0.15, 0.2) is 65.7 Å². The molecule has 1 saturated heterocycles. The number of aromatic hydroxyl groups is 1. The van der Waals surface area contributed by atoms with Crippen molar-refractivity contribution in [3.8, 4) is 11.5 Å². The number of likely N-dealkylation sites (tertiary alicyclic amines) is 1. The Morgan fingerprint density at radius 1 is 0.923 bits per heavy atom. The van der Waals surface area contributed by atoms with Crippen LogP contribution in [0.25, 0.3) is 10.8 Å². The molecule has 130 valence electrons. The largest absolute Gasteiger partial charge is 0.507 e. The van der Waals surface area contributed by atoms with E-state index in [-0.39, 0.29) is 5.75 Å². The number of aliphatic imine (C=N–C) groups is 1. The van der Waals surface area contributed by atoms with Crippen molar-refractivity contribution in [3.63, 3.8) is 0 Å². The highest BCUT2D eigenvalue weighted by atomic mass is 16.5. The van der Waals surface area contributed by atoms with Crippen LogP contribution >= 0.6 is 0 Å². The van der Waals surface area contributed by atoms with E-state index in [0.29, 0.717) is 0 Å². The lowest BCUT2D eigenvalue weighted by Crippen LogP contribution is -2.51. The van der Waals surface area contributed by atoms with Crippen LogP contribution in [-0.4, -0.2) is 29.3 Å². The summed E-state index contributed by atoms with van der Waals surface area (Å²) in [6.45, 7) is 1.84. The van der Waals surface area contributed by atoms with Gasteiger partial charge in [-0.2, -0.15) is 0 Å². The monoisotopic (exact) mass is 344 g/mol. The molecule has 0 amide bonds. The van der Waals surface area contributed by atoms with E-state index in [2.05, 4.69) is 23.1 Å². The second-order valence-electron chi connectivity index (χ2n) is 6.90. The molecule has 2 heterocycles. The Bertz CT molecular complexity index is 1010. The summed E-state index contributed by atoms with van der Waals surface area (Å²) in [4.78, 5) is 7.10. The van der Waals surface area contributed by atoms with E-state index in [9.17, 15) is 5.11 Å². The molecule has 4 nitrogen and oxygen atoms in total. The average molecular weight is 344 g/mol. The SMILES string of the molecule is Oc1ccccc1C1(N2CCCC2)C=Nc2c(ccc3ccccc23)O1. The number of fused-ring (bicyclic) bond motifs is 3. The van der Waals surface area contributed by atoms with Crippen molar-refractivity contribution in [1.82, 2.24) is 4.90 Å². The van der Waals surface area contributed by atoms with Crippen molar-refractivity contribution >= 4 is 22.7 Å². The minimum Gasteiger partial charge on any atom is -0.507 e. The summed E-state index contributed by atoms with van der Waals surface area (Å²) in [6, 6.07) is 19.6. The lowest BCUT2D eigenvalue weighted by atomic mass is 9.98. The molecule has 3 aromatic carbocycles. The fourth-order valence-electron chi connectivity index (χ4n) is 4.06. The first-order chi connectivity index (χ1) is 12.8. The van der Waals surface area contributed by atoms with Gasteiger partial charge in [0.2, 0.25) is 5.72 Å². The van der Waals surface area contributed by atoms with Crippen LogP contribution in [-0.2, 0) is 5.72 Å². The van der Waals surface area contributed by atoms with Crippen LogP contribution in [0.4, 0.5) is 5.69 Å². The normalized spacial score (nSPS) is 22.3. The molecule has 0 aromatic heterocycles. The fourth-order valence-corrected chi connectivity index (χ4v) is 4.06. The van der Waals surface area contributed by atoms with Gasteiger partial charge in [-0.15, -0.1) is 0 Å². The minimum atomic E-state index is -0.864. The highest BCUT2D eigenvalue weighted by Gasteiger charge is 2.45. The van der Waals surface area contributed by atoms with Crippen molar-refractivity contribution in [2.75, 3.05) is 13.1 Å². The van der Waals surface area contributed by atoms with Gasteiger partial charge in [0.05, 0.1) is 11.8 Å². The number of rotatable bonds is 2. The second kappa shape index (κ2) is 5.85. The zero-order chi connectivity index (χ0) is 17.6. The number of benzene rings is 3. The number of hydrogen-bond donors (Lipinski definition) is 1. The molecular formula is C22H20N2O2. The number of hydrogen-bond acceptors (Lipinski definition) is 4. The van der Waals surface area contributed by atoms with Crippen molar-refractivity contribution in [2.45, 2.75) is 18.6 Å². The quantitative estimate of drug-likeness (QED) is 0.739. The molecule has 1 atom stereocenters. The van der Waals surface area contributed by atoms with Crippen LogP contribution in [0, 0.1) is 0 Å². The Morgan fingerprint density at radius 3 is 2.54 bits per heavy atom. The Labute approximate surface area is 152 Å². The molecule has 0 saturated carbocycles. The van der Waals surface area contributed by atoms with Gasteiger partial charge in [-0.3, -0.25) is 9.89 Å². The molecule has 2 aliphatic rings. The first-order valence-electron chi connectivity index (χ1n) is 9.07. The van der Waals surface area contributed by atoms with Crippen LogP contribution in [0.5, 0.6) is 11.5 Å². The third-order valence-corrected chi connectivity index (χ3v) is 5.36. The smallest absolute Gasteiger partial charge is 0.229 e. The van der Waals surface area contributed by atoms with Gasteiger partial charge in [-0.1, -0.05) is 42.5 Å². The Hall–Kier alpha value is -2.85. The molecule has 0 radical (unpaired) electrons. The number of ether oxygens (including phenoxy) is 1. The maximum absolute atomic E-state index is 10.5. The van der Waals surface area contributed by atoms with E-state index < -0.39 is 5.72 Å². The molecule has 5 rings (SSSR count). The summed E-state index contributed by atoms with van der Waals surface area (Å²) < 4.78 is 6.60. The summed E-state index contributed by atoms with van der Waals surface area (Å²) in [6.07, 6.45) is 4.11. The number of para-hydroxylation sites is 1. The van der Waals surface area contributed by atoms with Crippen LogP contribution in [0.2, 0.25) is 0 Å². The molecule has 2 aliphatic heterocycles. The summed E-state index contributed by atoms with van der Waals surface area (Å²) in [7, 11) is 0. The van der Waals surface area contributed by atoms with Gasteiger partial charge in [0, 0.05) is 18.5 Å².